The van der Waals surface area contributed by atoms with E-state index in [0.29, 0.717) is 9.76 Å². The van der Waals surface area contributed by atoms with E-state index in [4.69, 9.17) is 0 Å². The van der Waals surface area contributed by atoms with Gasteiger partial charge in [-0.05, 0) is 6.42 Å². The van der Waals surface area contributed by atoms with Gasteiger partial charge < -0.3 is 0 Å². The molecule has 0 fully saturated rings. The second-order valence-electron chi connectivity index (χ2n) is 1.76. The van der Waals surface area contributed by atoms with Crippen LogP contribution < -0.4 is 0 Å². The monoisotopic (exact) mass is 252 g/mol. The van der Waals surface area contributed by atoms with Crippen molar-refractivity contribution in [3.05, 3.63) is 36.5 Å². The van der Waals surface area contributed by atoms with Crippen LogP contribution in [0.25, 0.3) is 0 Å². The van der Waals surface area contributed by atoms with E-state index in [1.165, 1.54) is 0 Å². The number of hydrogen-bond acceptors (Lipinski definition) is 2. The zero-order valence-electron chi connectivity index (χ0n) is 6.50. The predicted molar refractivity (Wildman–Crippen MR) is 45.5 cm³/mol. The van der Waals surface area contributed by atoms with E-state index in [-0.39, 0.29) is 0 Å². The quantitative estimate of drug-likeness (QED) is 0.550. The molecule has 0 aromatic rings. The molecule has 1 aliphatic rings. The molecule has 1 rings (SSSR count). The normalized spacial score (nSPS) is 13.0. The Hall–Kier alpha value is -0.817. The summed E-state index contributed by atoms with van der Waals surface area (Å²) in [5.74, 6) is 0. The molecule has 0 radical (unpaired) electrons. The summed E-state index contributed by atoms with van der Waals surface area (Å²) in [7, 11) is 0. The van der Waals surface area contributed by atoms with Crippen molar-refractivity contribution < 1.29 is 26.7 Å². The van der Waals surface area contributed by atoms with E-state index in [1.807, 2.05) is 12.2 Å². The summed E-state index contributed by atoms with van der Waals surface area (Å²) in [5.41, 5.74) is 0. The van der Waals surface area contributed by atoms with E-state index in [0.717, 1.165) is 6.42 Å². The molecule has 0 aromatic heterocycles. The van der Waals surface area contributed by atoms with Crippen molar-refractivity contribution in [2.75, 3.05) is 0 Å². The van der Waals surface area contributed by atoms with Gasteiger partial charge in [-0.25, -0.2) is 0 Å². The van der Waals surface area contributed by atoms with Gasteiger partial charge in [-0.3, -0.25) is 0 Å². The van der Waals surface area contributed by atoms with Gasteiger partial charge in [0.25, 0.3) is 0 Å². The van der Waals surface area contributed by atoms with Crippen LogP contribution in [0.4, 0.5) is 0 Å². The third-order valence-electron chi connectivity index (χ3n) is 0.974. The fourth-order valence-electron chi connectivity index (χ4n) is 0.541. The van der Waals surface area contributed by atoms with Gasteiger partial charge in [0.15, 0.2) is 0 Å². The summed E-state index contributed by atoms with van der Waals surface area (Å²) in [4.78, 5) is 19.7. The van der Waals surface area contributed by atoms with Crippen molar-refractivity contribution in [1.29, 1.82) is 0 Å². The van der Waals surface area contributed by atoms with Gasteiger partial charge in [0, 0.05) is 0 Å². The first-order valence-electron chi connectivity index (χ1n) is 3.36. The van der Waals surface area contributed by atoms with Crippen molar-refractivity contribution in [1.82, 2.24) is 0 Å². The second kappa shape index (κ2) is 10.2. The Morgan fingerprint density at radius 2 is 1.42 bits per heavy atom. The molecule has 0 aromatic carbocycles. The van der Waals surface area contributed by atoms with E-state index >= 15 is 0 Å². The van der Waals surface area contributed by atoms with Crippen LogP contribution in [0, 0.1) is 0 Å². The van der Waals surface area contributed by atoms with E-state index in [2.05, 4.69) is 24.3 Å². The molecule has 0 aliphatic heterocycles. The molecule has 1 aliphatic carbocycles. The Balaban J connectivity index is 0.000000217. The second-order valence-corrected chi connectivity index (χ2v) is 3.16. The Kier molecular flexibility index (Phi) is 9.49. The Morgan fingerprint density at radius 3 is 1.75 bits per heavy atom. The molecular weight excluding hydrogens is 241 g/mol. The van der Waals surface area contributed by atoms with E-state index in [1.54, 1.807) is 0 Å². The predicted octanol–water partition coefficient (Wildman–Crippen LogP) is 1.51. The zero-order valence-corrected chi connectivity index (χ0v) is 8.23. The third kappa shape index (κ3) is 9.18. The van der Waals surface area contributed by atoms with Crippen LogP contribution in [-0.2, 0) is 26.7 Å². The van der Waals surface area contributed by atoms with Crippen LogP contribution in [0.1, 0.15) is 6.42 Å². The van der Waals surface area contributed by atoms with Crippen LogP contribution in [-0.4, -0.2) is 9.76 Å². The van der Waals surface area contributed by atoms with Crippen molar-refractivity contribution >= 4 is 9.76 Å². The van der Waals surface area contributed by atoms with Crippen LogP contribution in [0.2, 0.25) is 0 Å². The van der Waals surface area contributed by atoms with Gasteiger partial charge in [-0.15, -0.1) is 0 Å². The van der Waals surface area contributed by atoms with Crippen molar-refractivity contribution in [3.63, 3.8) is 0 Å². The molecular formula is C9H10O2Ru. The van der Waals surface area contributed by atoms with Crippen molar-refractivity contribution in [3.8, 4) is 0 Å². The van der Waals surface area contributed by atoms with Crippen LogP contribution >= 0.6 is 0 Å². The van der Waals surface area contributed by atoms with Gasteiger partial charge in [0.05, 0.1) is 0 Å². The standard InChI is InChI=1S/C7H8.2CHO.Ru/c1-2-4-6-7-5-3-1;2*1-2;/h1-6H,7H2;2*1H;. The minimum absolute atomic E-state index is 0.592. The van der Waals surface area contributed by atoms with Crippen LogP contribution in [0.5, 0.6) is 0 Å². The fourth-order valence-corrected chi connectivity index (χ4v) is 0.637. The molecule has 0 spiro atoms. The Morgan fingerprint density at radius 1 is 0.917 bits per heavy atom. The van der Waals surface area contributed by atoms with E-state index < -0.39 is 17.1 Å². The zero-order chi connectivity index (χ0) is 9.07. The molecule has 0 saturated heterocycles. The molecule has 0 N–H and O–H groups in total. The SMILES string of the molecule is C1=CC=CCC=C1.O=[CH][Ru][CH]=O. The summed E-state index contributed by atoms with van der Waals surface area (Å²) in [6.07, 6.45) is 13.5. The summed E-state index contributed by atoms with van der Waals surface area (Å²) < 4.78 is 0. The molecule has 12 heavy (non-hydrogen) atoms. The number of allylic oxidation sites excluding steroid dienone is 6. The molecule has 0 amide bonds. The summed E-state index contributed by atoms with van der Waals surface area (Å²) in [6, 6.07) is 0. The van der Waals surface area contributed by atoms with E-state index in [9.17, 15) is 9.59 Å². The van der Waals surface area contributed by atoms with Crippen molar-refractivity contribution in [2.45, 2.75) is 6.42 Å². The average molecular weight is 251 g/mol. The maximum atomic E-state index is 9.21. The summed E-state index contributed by atoms with van der Waals surface area (Å²) in [6.45, 7) is 0. The molecule has 3 heteroatoms. The first-order valence-corrected chi connectivity index (χ1v) is 5.37. The first-order chi connectivity index (χ1) is 5.91. The molecule has 2 nitrogen and oxygen atoms in total. The molecule has 66 valence electrons. The van der Waals surface area contributed by atoms with Gasteiger partial charge >= 0.3 is 36.5 Å². The van der Waals surface area contributed by atoms with Gasteiger partial charge in [-0.2, -0.15) is 0 Å². The Bertz CT molecular complexity index is 185. The average Bonchev–Trinajstić information content (AvgIpc) is 2.37. The van der Waals surface area contributed by atoms with Gasteiger partial charge in [-0.1, -0.05) is 36.5 Å². The molecule has 0 bridgehead atoms. The van der Waals surface area contributed by atoms with Crippen LogP contribution in [0.3, 0.4) is 0 Å². The number of hydrogen-bond donors (Lipinski definition) is 0. The van der Waals surface area contributed by atoms with Gasteiger partial charge in [0.2, 0.25) is 0 Å². The van der Waals surface area contributed by atoms with Gasteiger partial charge in [0.1, 0.15) is 0 Å². The van der Waals surface area contributed by atoms with Crippen LogP contribution in [0.15, 0.2) is 36.5 Å². The third-order valence-corrected chi connectivity index (χ3v) is 1.45. The Labute approximate surface area is 79.6 Å². The number of rotatable bonds is 2. The molecule has 0 saturated carbocycles. The molecule has 0 atom stereocenters. The first kappa shape index (κ1) is 11.2. The minimum atomic E-state index is -0.592. The number of carbonyl (C=O) groups is 2. The maximum absolute atomic E-state index is 9.21. The van der Waals surface area contributed by atoms with Crippen molar-refractivity contribution in [2.24, 2.45) is 0 Å². The fraction of sp³-hybridized carbons (Fsp3) is 0.111. The molecule has 0 unspecified atom stereocenters. The number of carbonyl (C=O) groups excluding carboxylic acids is 2. The summed E-state index contributed by atoms with van der Waals surface area (Å²) in [5, 5.41) is 0. The topological polar surface area (TPSA) is 34.1 Å². The molecule has 0 heterocycles. The summed E-state index contributed by atoms with van der Waals surface area (Å²) >= 11 is -0.592.